The molecule has 3 amide bonds. The Balaban J connectivity index is 1.97. The van der Waals surface area contributed by atoms with Gasteiger partial charge in [0.1, 0.15) is 6.04 Å². The van der Waals surface area contributed by atoms with Gasteiger partial charge in [-0.2, -0.15) is 0 Å². The fourth-order valence-electron chi connectivity index (χ4n) is 2.08. The van der Waals surface area contributed by atoms with Crippen LogP contribution in [0.2, 0.25) is 0 Å². The van der Waals surface area contributed by atoms with Crippen LogP contribution in [0, 0.1) is 6.92 Å². The maximum Gasteiger partial charge on any atom is 0.315 e. The number of carbonyl (C=O) groups is 2. The van der Waals surface area contributed by atoms with Gasteiger partial charge in [0.2, 0.25) is 0 Å². The molecule has 0 saturated heterocycles. The summed E-state index contributed by atoms with van der Waals surface area (Å²) in [6, 6.07) is 15.0. The molecule has 1 atom stereocenters. The van der Waals surface area contributed by atoms with E-state index >= 15 is 0 Å². The van der Waals surface area contributed by atoms with Gasteiger partial charge in [-0.3, -0.25) is 10.0 Å². The van der Waals surface area contributed by atoms with Crippen LogP contribution in [0.5, 0.6) is 0 Å². The first-order valence-corrected chi connectivity index (χ1v) is 7.19. The fraction of sp³-hybridized carbons (Fsp3) is 0.176. The molecule has 0 aliphatic rings. The summed E-state index contributed by atoms with van der Waals surface area (Å²) in [7, 11) is 0. The molecule has 4 N–H and O–H groups in total. The monoisotopic (exact) mass is 313 g/mol. The Morgan fingerprint density at radius 2 is 1.70 bits per heavy atom. The zero-order chi connectivity index (χ0) is 16.7. The van der Waals surface area contributed by atoms with Crippen molar-refractivity contribution in [2.24, 2.45) is 0 Å². The molecular weight excluding hydrogens is 294 g/mol. The summed E-state index contributed by atoms with van der Waals surface area (Å²) in [5.74, 6) is -0.707. The average molecular weight is 313 g/mol. The highest BCUT2D eigenvalue weighted by Gasteiger charge is 2.21. The Hall–Kier alpha value is -2.86. The van der Waals surface area contributed by atoms with Crippen LogP contribution in [0.15, 0.2) is 54.6 Å². The van der Waals surface area contributed by atoms with E-state index in [1.165, 1.54) is 0 Å². The molecule has 0 aromatic heterocycles. The summed E-state index contributed by atoms with van der Waals surface area (Å²) < 4.78 is 0. The molecule has 2 aromatic carbocycles. The molecule has 6 heteroatoms. The normalized spacial score (nSPS) is 11.4. The van der Waals surface area contributed by atoms with Crippen LogP contribution in [-0.2, 0) is 11.3 Å². The zero-order valence-electron chi connectivity index (χ0n) is 12.7. The molecule has 0 unspecified atom stereocenters. The molecule has 0 aliphatic carbocycles. The first kappa shape index (κ1) is 16.5. The van der Waals surface area contributed by atoms with Crippen molar-refractivity contribution in [3.63, 3.8) is 0 Å². The second-order valence-corrected chi connectivity index (χ2v) is 5.13. The fourth-order valence-corrected chi connectivity index (χ4v) is 2.08. The van der Waals surface area contributed by atoms with Gasteiger partial charge in [-0.25, -0.2) is 10.3 Å². The first-order chi connectivity index (χ1) is 11.1. The van der Waals surface area contributed by atoms with E-state index in [1.54, 1.807) is 35.8 Å². The Morgan fingerprint density at radius 1 is 1.04 bits per heavy atom. The van der Waals surface area contributed by atoms with Crippen LogP contribution in [0.4, 0.5) is 4.79 Å². The van der Waals surface area contributed by atoms with Gasteiger partial charge in [-0.05, 0) is 18.1 Å². The standard InChI is InChI=1S/C17H19N3O3/c1-12-7-9-13(10-8-12)11-18-17(22)19-15(16(21)20-23)14-5-3-2-4-6-14/h2-10,15,23H,11H2,1H3,(H,20,21)(H2,18,19,22)/t15-/m0/s1. The highest BCUT2D eigenvalue weighted by atomic mass is 16.5. The number of hydroxylamine groups is 1. The van der Waals surface area contributed by atoms with Crippen molar-refractivity contribution in [3.8, 4) is 0 Å². The molecule has 0 heterocycles. The van der Waals surface area contributed by atoms with E-state index in [-0.39, 0.29) is 0 Å². The van der Waals surface area contributed by atoms with Crippen molar-refractivity contribution in [1.82, 2.24) is 16.1 Å². The van der Waals surface area contributed by atoms with Crippen LogP contribution < -0.4 is 16.1 Å². The Kier molecular flexibility index (Phi) is 5.71. The van der Waals surface area contributed by atoms with Crippen LogP contribution in [0.3, 0.4) is 0 Å². The van der Waals surface area contributed by atoms with E-state index in [4.69, 9.17) is 5.21 Å². The highest BCUT2D eigenvalue weighted by molar-refractivity contribution is 5.87. The van der Waals surface area contributed by atoms with Gasteiger partial charge < -0.3 is 10.6 Å². The molecular formula is C17H19N3O3. The van der Waals surface area contributed by atoms with Crippen LogP contribution >= 0.6 is 0 Å². The number of amides is 3. The van der Waals surface area contributed by atoms with Crippen molar-refractivity contribution >= 4 is 11.9 Å². The predicted octanol–water partition coefficient (Wildman–Crippen LogP) is 2.04. The third-order valence-corrected chi connectivity index (χ3v) is 3.35. The minimum atomic E-state index is -0.973. The SMILES string of the molecule is Cc1ccc(CNC(=O)N[C@H](C(=O)NO)c2ccccc2)cc1. The number of hydrogen-bond acceptors (Lipinski definition) is 3. The third kappa shape index (κ3) is 4.82. The Morgan fingerprint density at radius 3 is 2.30 bits per heavy atom. The molecule has 23 heavy (non-hydrogen) atoms. The van der Waals surface area contributed by atoms with Gasteiger partial charge in [0.05, 0.1) is 0 Å². The van der Waals surface area contributed by atoms with Crippen molar-refractivity contribution < 1.29 is 14.8 Å². The maximum absolute atomic E-state index is 12.0. The van der Waals surface area contributed by atoms with Gasteiger partial charge in [-0.1, -0.05) is 60.2 Å². The van der Waals surface area contributed by atoms with Crippen LogP contribution in [-0.4, -0.2) is 17.1 Å². The molecule has 2 aromatic rings. The number of aryl methyl sites for hydroxylation is 1. The molecule has 120 valence electrons. The quantitative estimate of drug-likeness (QED) is 0.503. The molecule has 0 aliphatic heterocycles. The predicted molar refractivity (Wildman–Crippen MR) is 85.7 cm³/mol. The lowest BCUT2D eigenvalue weighted by Crippen LogP contribution is -2.43. The van der Waals surface area contributed by atoms with E-state index in [0.717, 1.165) is 11.1 Å². The van der Waals surface area contributed by atoms with E-state index in [2.05, 4.69) is 10.6 Å². The van der Waals surface area contributed by atoms with E-state index in [1.807, 2.05) is 31.2 Å². The molecule has 2 rings (SSSR count). The van der Waals surface area contributed by atoms with E-state index in [0.29, 0.717) is 12.1 Å². The molecule has 0 spiro atoms. The van der Waals surface area contributed by atoms with Gasteiger partial charge >= 0.3 is 6.03 Å². The highest BCUT2D eigenvalue weighted by Crippen LogP contribution is 2.12. The average Bonchev–Trinajstić information content (AvgIpc) is 2.59. The minimum absolute atomic E-state index is 0.342. The third-order valence-electron chi connectivity index (χ3n) is 3.35. The number of carbonyl (C=O) groups excluding carboxylic acids is 2. The van der Waals surface area contributed by atoms with Crippen LogP contribution in [0.1, 0.15) is 22.7 Å². The topological polar surface area (TPSA) is 90.5 Å². The summed E-state index contributed by atoms with van der Waals surface area (Å²) in [4.78, 5) is 23.8. The molecule has 6 nitrogen and oxygen atoms in total. The lowest BCUT2D eigenvalue weighted by atomic mass is 10.1. The smallest absolute Gasteiger partial charge is 0.315 e. The number of hydrogen-bond donors (Lipinski definition) is 4. The Bertz CT molecular complexity index is 657. The molecule has 0 saturated carbocycles. The number of rotatable bonds is 5. The van der Waals surface area contributed by atoms with Gasteiger partial charge in [-0.15, -0.1) is 0 Å². The Labute approximate surface area is 134 Å². The summed E-state index contributed by atoms with van der Waals surface area (Å²) in [6.45, 7) is 2.33. The number of nitrogens with one attached hydrogen (secondary N) is 3. The lowest BCUT2D eigenvalue weighted by molar-refractivity contribution is -0.131. The number of urea groups is 1. The zero-order valence-corrected chi connectivity index (χ0v) is 12.7. The van der Waals surface area contributed by atoms with Crippen molar-refractivity contribution in [1.29, 1.82) is 0 Å². The van der Waals surface area contributed by atoms with Gasteiger partial charge in [0.25, 0.3) is 5.91 Å². The second kappa shape index (κ2) is 7.95. The second-order valence-electron chi connectivity index (χ2n) is 5.13. The van der Waals surface area contributed by atoms with Crippen LogP contribution in [0.25, 0.3) is 0 Å². The summed E-state index contributed by atoms with van der Waals surface area (Å²) in [6.07, 6.45) is 0. The summed E-state index contributed by atoms with van der Waals surface area (Å²) >= 11 is 0. The van der Waals surface area contributed by atoms with E-state index in [9.17, 15) is 9.59 Å². The van der Waals surface area contributed by atoms with Gasteiger partial charge in [0.15, 0.2) is 0 Å². The van der Waals surface area contributed by atoms with Crippen molar-refractivity contribution in [2.45, 2.75) is 19.5 Å². The van der Waals surface area contributed by atoms with Gasteiger partial charge in [0, 0.05) is 6.54 Å². The maximum atomic E-state index is 12.0. The molecule has 0 fully saturated rings. The molecule has 0 radical (unpaired) electrons. The summed E-state index contributed by atoms with van der Waals surface area (Å²) in [5, 5.41) is 14.1. The minimum Gasteiger partial charge on any atom is -0.334 e. The van der Waals surface area contributed by atoms with E-state index < -0.39 is 18.0 Å². The largest absolute Gasteiger partial charge is 0.334 e. The summed E-state index contributed by atoms with van der Waals surface area (Å²) in [5.41, 5.74) is 4.23. The molecule has 0 bridgehead atoms. The number of benzene rings is 2. The van der Waals surface area contributed by atoms with Crippen molar-refractivity contribution in [2.75, 3.05) is 0 Å². The lowest BCUT2D eigenvalue weighted by Gasteiger charge is -2.17. The van der Waals surface area contributed by atoms with Crippen molar-refractivity contribution in [3.05, 3.63) is 71.3 Å². The first-order valence-electron chi connectivity index (χ1n) is 7.19.